The van der Waals surface area contributed by atoms with Gasteiger partial charge in [-0.2, -0.15) is 0 Å². The number of carbonyl (C=O) groups excluding carboxylic acids is 2. The molecule has 0 saturated carbocycles. The maximum Gasteiger partial charge on any atom is 0.322 e. The van der Waals surface area contributed by atoms with Gasteiger partial charge >= 0.3 is 12.0 Å². The maximum atomic E-state index is 11.9. The molecule has 1 atom stereocenters. The molecule has 1 aliphatic heterocycles. The molecule has 0 radical (unpaired) electrons. The highest BCUT2D eigenvalue weighted by molar-refractivity contribution is 6.07. The Bertz CT molecular complexity index is 523. The summed E-state index contributed by atoms with van der Waals surface area (Å²) in [5, 5.41) is 16.9. The number of urea groups is 1. The van der Waals surface area contributed by atoms with Gasteiger partial charge in [0.2, 0.25) is 0 Å². The van der Waals surface area contributed by atoms with Crippen molar-refractivity contribution in [3.8, 4) is 0 Å². The molecule has 0 spiro atoms. The van der Waals surface area contributed by atoms with E-state index in [0.29, 0.717) is 5.76 Å². The lowest BCUT2D eigenvalue weighted by atomic mass is 9.89. The lowest BCUT2D eigenvalue weighted by molar-refractivity contribution is -0.137. The second-order valence-electron chi connectivity index (χ2n) is 4.03. The molecule has 1 fully saturated rings. The summed E-state index contributed by atoms with van der Waals surface area (Å²) in [6, 6.07) is 0.818. The minimum Gasteiger partial charge on any atom is -0.481 e. The van der Waals surface area contributed by atoms with E-state index in [4.69, 9.17) is 9.63 Å². The van der Waals surface area contributed by atoms with Crippen LogP contribution in [0.3, 0.4) is 0 Å². The van der Waals surface area contributed by atoms with E-state index in [0.717, 1.165) is 0 Å². The van der Waals surface area contributed by atoms with Crippen LogP contribution in [0, 0.1) is 6.92 Å². The van der Waals surface area contributed by atoms with E-state index in [9.17, 15) is 14.4 Å². The molecule has 96 valence electrons. The fraction of sp³-hybridized carbons (Fsp3) is 0.400. The van der Waals surface area contributed by atoms with Crippen LogP contribution >= 0.6 is 0 Å². The van der Waals surface area contributed by atoms with Gasteiger partial charge in [-0.15, -0.1) is 0 Å². The van der Waals surface area contributed by atoms with Gasteiger partial charge in [-0.25, -0.2) is 4.79 Å². The van der Waals surface area contributed by atoms with E-state index in [1.54, 1.807) is 6.92 Å². The lowest BCUT2D eigenvalue weighted by Gasteiger charge is -2.22. The van der Waals surface area contributed by atoms with Gasteiger partial charge < -0.3 is 14.9 Å². The molecule has 3 N–H and O–H groups in total. The van der Waals surface area contributed by atoms with Gasteiger partial charge in [0.05, 0.1) is 0 Å². The first-order chi connectivity index (χ1) is 8.44. The minimum absolute atomic E-state index is 0.0914. The van der Waals surface area contributed by atoms with Gasteiger partial charge in [-0.3, -0.25) is 14.9 Å². The van der Waals surface area contributed by atoms with Crippen molar-refractivity contribution in [3.05, 3.63) is 17.5 Å². The summed E-state index contributed by atoms with van der Waals surface area (Å²) in [7, 11) is 0. The molecule has 0 aliphatic carbocycles. The molecule has 1 aromatic rings. The Morgan fingerprint density at radius 1 is 1.56 bits per heavy atom. The van der Waals surface area contributed by atoms with Crippen molar-refractivity contribution in [1.82, 2.24) is 15.8 Å². The number of nitrogens with zero attached hydrogens (tertiary/aromatic N) is 1. The van der Waals surface area contributed by atoms with Gasteiger partial charge in [0.25, 0.3) is 5.91 Å². The number of aromatic nitrogens is 1. The first kappa shape index (κ1) is 12.1. The summed E-state index contributed by atoms with van der Waals surface area (Å²) in [5.74, 6) is -1.22. The largest absolute Gasteiger partial charge is 0.481 e. The van der Waals surface area contributed by atoms with Crippen molar-refractivity contribution >= 4 is 17.9 Å². The molecular formula is C10H11N3O5. The molecule has 2 heterocycles. The highest BCUT2D eigenvalue weighted by Gasteiger charge is 2.49. The molecule has 1 unspecified atom stereocenters. The Labute approximate surface area is 101 Å². The van der Waals surface area contributed by atoms with Crippen LogP contribution in [0.1, 0.15) is 24.3 Å². The van der Waals surface area contributed by atoms with E-state index in [1.165, 1.54) is 6.07 Å². The number of imide groups is 1. The van der Waals surface area contributed by atoms with Crippen LogP contribution in [0.5, 0.6) is 0 Å². The zero-order valence-electron chi connectivity index (χ0n) is 9.52. The fourth-order valence-electron chi connectivity index (χ4n) is 1.84. The van der Waals surface area contributed by atoms with Gasteiger partial charge in [0.1, 0.15) is 11.5 Å². The predicted molar refractivity (Wildman–Crippen MR) is 56.5 cm³/mol. The Balaban J connectivity index is 2.37. The van der Waals surface area contributed by atoms with Crippen LogP contribution in [-0.2, 0) is 15.1 Å². The standard InChI is InChI=1S/C10H11N3O5/c1-5-4-6(13-18-5)10(3-2-7(14)15)8(16)11-9(17)12-10/h4H,2-3H2,1H3,(H,14,15)(H2,11,12,16,17). The molecule has 2 rings (SSSR count). The van der Waals surface area contributed by atoms with Crippen molar-refractivity contribution in [2.24, 2.45) is 0 Å². The molecule has 0 aromatic carbocycles. The van der Waals surface area contributed by atoms with E-state index in [-0.39, 0.29) is 18.5 Å². The highest BCUT2D eigenvalue weighted by Crippen LogP contribution is 2.29. The Morgan fingerprint density at radius 3 is 2.72 bits per heavy atom. The smallest absolute Gasteiger partial charge is 0.322 e. The van der Waals surface area contributed by atoms with Crippen molar-refractivity contribution in [1.29, 1.82) is 0 Å². The number of aryl methyl sites for hydroxylation is 1. The monoisotopic (exact) mass is 253 g/mol. The zero-order valence-corrected chi connectivity index (χ0v) is 9.52. The fourth-order valence-corrected chi connectivity index (χ4v) is 1.84. The van der Waals surface area contributed by atoms with Crippen LogP contribution in [0.2, 0.25) is 0 Å². The Morgan fingerprint density at radius 2 is 2.28 bits per heavy atom. The molecule has 1 aliphatic rings. The van der Waals surface area contributed by atoms with Gasteiger partial charge in [0, 0.05) is 12.5 Å². The van der Waals surface area contributed by atoms with Crippen molar-refractivity contribution in [2.45, 2.75) is 25.3 Å². The predicted octanol–water partition coefficient (Wildman–Crippen LogP) is -0.117. The molecule has 0 bridgehead atoms. The number of aliphatic carboxylic acids is 1. The van der Waals surface area contributed by atoms with Gasteiger partial charge in [0.15, 0.2) is 5.54 Å². The number of hydrogen-bond donors (Lipinski definition) is 3. The van der Waals surface area contributed by atoms with Crippen LogP contribution in [0.4, 0.5) is 4.79 Å². The minimum atomic E-state index is -1.47. The summed E-state index contributed by atoms with van der Waals surface area (Å²) in [4.78, 5) is 33.7. The molecule has 8 nitrogen and oxygen atoms in total. The number of rotatable bonds is 4. The topological polar surface area (TPSA) is 122 Å². The number of hydrogen-bond acceptors (Lipinski definition) is 5. The Hall–Kier alpha value is -2.38. The number of carboxylic acid groups (broad SMARTS) is 1. The number of amides is 3. The van der Waals surface area contributed by atoms with Crippen molar-refractivity contribution in [3.63, 3.8) is 0 Å². The third-order valence-corrected chi connectivity index (χ3v) is 2.72. The first-order valence-corrected chi connectivity index (χ1v) is 5.23. The Kier molecular flexibility index (Phi) is 2.77. The van der Waals surface area contributed by atoms with Crippen LogP contribution in [0.25, 0.3) is 0 Å². The molecule has 1 aromatic heterocycles. The average Bonchev–Trinajstić information content (AvgIpc) is 2.81. The number of carboxylic acids is 1. The van der Waals surface area contributed by atoms with Crippen LogP contribution < -0.4 is 10.6 Å². The average molecular weight is 253 g/mol. The maximum absolute atomic E-state index is 11.9. The van der Waals surface area contributed by atoms with Crippen molar-refractivity contribution < 1.29 is 24.0 Å². The number of nitrogens with one attached hydrogen (secondary N) is 2. The quantitative estimate of drug-likeness (QED) is 0.643. The van der Waals surface area contributed by atoms with E-state index in [2.05, 4.69) is 15.8 Å². The third kappa shape index (κ3) is 1.92. The molecular weight excluding hydrogens is 242 g/mol. The van der Waals surface area contributed by atoms with Crippen LogP contribution in [0.15, 0.2) is 10.6 Å². The first-order valence-electron chi connectivity index (χ1n) is 5.23. The molecule has 3 amide bonds. The van der Waals surface area contributed by atoms with E-state index < -0.39 is 23.4 Å². The molecule has 1 saturated heterocycles. The normalized spacial score (nSPS) is 22.7. The van der Waals surface area contributed by atoms with Crippen LogP contribution in [-0.4, -0.2) is 28.2 Å². The summed E-state index contributed by atoms with van der Waals surface area (Å²) < 4.78 is 4.86. The van der Waals surface area contributed by atoms with Gasteiger partial charge in [-0.1, -0.05) is 5.16 Å². The lowest BCUT2D eigenvalue weighted by Crippen LogP contribution is -2.44. The second-order valence-corrected chi connectivity index (χ2v) is 4.03. The second kappa shape index (κ2) is 4.13. The summed E-state index contributed by atoms with van der Waals surface area (Å²) in [6.07, 6.45) is -0.370. The number of carbonyl (C=O) groups is 3. The van der Waals surface area contributed by atoms with Crippen molar-refractivity contribution in [2.75, 3.05) is 0 Å². The SMILES string of the molecule is Cc1cc(C2(CCC(=O)O)NC(=O)NC2=O)no1. The molecule has 18 heavy (non-hydrogen) atoms. The third-order valence-electron chi connectivity index (χ3n) is 2.72. The van der Waals surface area contributed by atoms with Gasteiger partial charge in [-0.05, 0) is 13.3 Å². The van der Waals surface area contributed by atoms with E-state index in [1.807, 2.05) is 0 Å². The summed E-state index contributed by atoms with van der Waals surface area (Å²) in [5.41, 5.74) is -1.27. The summed E-state index contributed by atoms with van der Waals surface area (Å²) >= 11 is 0. The highest BCUT2D eigenvalue weighted by atomic mass is 16.5. The molecule has 8 heteroatoms. The van der Waals surface area contributed by atoms with E-state index >= 15 is 0 Å². The summed E-state index contributed by atoms with van der Waals surface area (Å²) in [6.45, 7) is 1.63. The zero-order chi connectivity index (χ0) is 13.3.